The fourth-order valence-electron chi connectivity index (χ4n) is 4.66. The number of hydrogen-bond donors (Lipinski definition) is 1. The summed E-state index contributed by atoms with van der Waals surface area (Å²) in [5, 5.41) is 9.63. The van der Waals surface area contributed by atoms with Crippen LogP contribution in [0.1, 0.15) is 24.8 Å². The Morgan fingerprint density at radius 2 is 1.77 bits per heavy atom. The molecule has 7 nitrogen and oxygen atoms in total. The van der Waals surface area contributed by atoms with Gasteiger partial charge in [0.15, 0.2) is 0 Å². The summed E-state index contributed by atoms with van der Waals surface area (Å²) in [7, 11) is 2.21. The number of piperidine rings is 1. The van der Waals surface area contributed by atoms with Crippen molar-refractivity contribution in [2.75, 3.05) is 46.4 Å². The fourth-order valence-corrected chi connectivity index (χ4v) is 4.66. The van der Waals surface area contributed by atoms with Gasteiger partial charge in [0.1, 0.15) is 5.75 Å². The van der Waals surface area contributed by atoms with E-state index in [-0.39, 0.29) is 6.61 Å². The molecule has 0 aliphatic carbocycles. The van der Waals surface area contributed by atoms with Crippen LogP contribution < -0.4 is 4.74 Å². The molecule has 0 radical (unpaired) electrons. The lowest BCUT2D eigenvalue weighted by Gasteiger charge is -2.47. The lowest BCUT2D eigenvalue weighted by Crippen LogP contribution is -2.58. The van der Waals surface area contributed by atoms with Crippen molar-refractivity contribution in [3.63, 3.8) is 0 Å². The first-order valence-electron chi connectivity index (χ1n) is 11.0. The van der Waals surface area contributed by atoms with E-state index in [2.05, 4.69) is 43.8 Å². The molecule has 1 N–H and O–H groups in total. The molecule has 0 unspecified atom stereocenters. The molecule has 2 saturated heterocycles. The first kappa shape index (κ1) is 21.2. The Labute approximate surface area is 179 Å². The lowest BCUT2D eigenvalue weighted by atomic mass is 9.98. The molecule has 2 aliphatic heterocycles. The highest BCUT2D eigenvalue weighted by Crippen LogP contribution is 2.24. The minimum atomic E-state index is 0.259. The highest BCUT2D eigenvalue weighted by Gasteiger charge is 2.32. The molecule has 0 bridgehead atoms. The molecule has 3 heterocycles. The monoisotopic (exact) mass is 411 g/mol. The molecule has 2 fully saturated rings. The van der Waals surface area contributed by atoms with E-state index in [9.17, 15) is 5.11 Å². The van der Waals surface area contributed by atoms with Crippen LogP contribution >= 0.6 is 0 Å². The van der Waals surface area contributed by atoms with Crippen molar-refractivity contribution in [3.8, 4) is 11.8 Å². The molecular formula is C23H33N5O2. The second-order valence-electron chi connectivity index (χ2n) is 8.45. The van der Waals surface area contributed by atoms with Crippen LogP contribution in [0.2, 0.25) is 0 Å². The molecule has 4 rings (SSSR count). The third kappa shape index (κ3) is 5.55. The summed E-state index contributed by atoms with van der Waals surface area (Å²) in [4.78, 5) is 15.8. The summed E-state index contributed by atoms with van der Waals surface area (Å²) in [5.41, 5.74) is 1.27. The van der Waals surface area contributed by atoms with Gasteiger partial charge in [-0.2, -0.15) is 0 Å². The molecule has 2 aromatic rings. The summed E-state index contributed by atoms with van der Waals surface area (Å²) >= 11 is 0. The Morgan fingerprint density at radius 3 is 2.47 bits per heavy atom. The van der Waals surface area contributed by atoms with Crippen molar-refractivity contribution < 1.29 is 9.84 Å². The van der Waals surface area contributed by atoms with Gasteiger partial charge in [-0.15, -0.1) is 0 Å². The predicted molar refractivity (Wildman–Crippen MR) is 117 cm³/mol. The van der Waals surface area contributed by atoms with Gasteiger partial charge in [0, 0.05) is 57.3 Å². The number of benzene rings is 1. The number of ether oxygens (including phenoxy) is 1. The van der Waals surface area contributed by atoms with Crippen LogP contribution in [0.4, 0.5) is 0 Å². The molecule has 7 heteroatoms. The predicted octanol–water partition coefficient (Wildman–Crippen LogP) is 2.23. The second-order valence-corrected chi connectivity index (χ2v) is 8.45. The summed E-state index contributed by atoms with van der Waals surface area (Å²) in [5.74, 6) is 0.746. The van der Waals surface area contributed by atoms with E-state index < -0.39 is 0 Å². The van der Waals surface area contributed by atoms with E-state index in [1.165, 1.54) is 31.5 Å². The fraction of sp³-hybridized carbons (Fsp3) is 0.565. The van der Waals surface area contributed by atoms with E-state index in [4.69, 9.17) is 4.74 Å². The largest absolute Gasteiger partial charge is 0.424 e. The standard InChI is InChI=1S/C23H33N5O2/c1-26-12-7-20(8-13-26)28-15-14-27(18-21(28)9-16-29)17-19-3-5-22(6-4-19)30-23-24-10-2-11-25-23/h2-6,10-11,20-21,29H,7-9,12-18H2,1H3/t21-/m1/s1. The second kappa shape index (κ2) is 10.3. The Kier molecular flexibility index (Phi) is 7.28. The normalized spacial score (nSPS) is 22.3. The van der Waals surface area contributed by atoms with Crippen LogP contribution in [0.5, 0.6) is 11.8 Å². The minimum absolute atomic E-state index is 0.259. The number of aromatic nitrogens is 2. The van der Waals surface area contributed by atoms with Gasteiger partial charge in [0.2, 0.25) is 0 Å². The quantitative estimate of drug-likeness (QED) is 0.749. The zero-order valence-corrected chi connectivity index (χ0v) is 17.9. The Bertz CT molecular complexity index is 765. The van der Waals surface area contributed by atoms with Crippen molar-refractivity contribution in [2.24, 2.45) is 0 Å². The number of aliphatic hydroxyl groups excluding tert-OH is 1. The molecule has 30 heavy (non-hydrogen) atoms. The first-order valence-corrected chi connectivity index (χ1v) is 11.0. The van der Waals surface area contributed by atoms with Gasteiger partial charge in [-0.25, -0.2) is 9.97 Å². The summed E-state index contributed by atoms with van der Waals surface area (Å²) in [6.45, 7) is 6.72. The summed E-state index contributed by atoms with van der Waals surface area (Å²) < 4.78 is 5.69. The molecule has 0 saturated carbocycles. The maximum Gasteiger partial charge on any atom is 0.321 e. The third-order valence-corrected chi connectivity index (χ3v) is 6.31. The van der Waals surface area contributed by atoms with Crippen molar-refractivity contribution in [1.29, 1.82) is 0 Å². The number of hydrogen-bond acceptors (Lipinski definition) is 7. The Hall–Kier alpha value is -2.06. The van der Waals surface area contributed by atoms with Crippen molar-refractivity contribution in [2.45, 2.75) is 37.9 Å². The molecular weight excluding hydrogens is 378 g/mol. The zero-order valence-electron chi connectivity index (χ0n) is 17.9. The lowest BCUT2D eigenvalue weighted by molar-refractivity contribution is 0.00599. The number of rotatable bonds is 7. The van der Waals surface area contributed by atoms with Crippen LogP contribution in [0, 0.1) is 0 Å². The third-order valence-electron chi connectivity index (χ3n) is 6.31. The highest BCUT2D eigenvalue weighted by molar-refractivity contribution is 5.29. The van der Waals surface area contributed by atoms with Crippen molar-refractivity contribution in [1.82, 2.24) is 24.7 Å². The highest BCUT2D eigenvalue weighted by atomic mass is 16.5. The van der Waals surface area contributed by atoms with Crippen molar-refractivity contribution in [3.05, 3.63) is 48.3 Å². The topological polar surface area (TPSA) is 65.0 Å². The van der Waals surface area contributed by atoms with E-state index in [0.29, 0.717) is 18.1 Å². The van der Waals surface area contributed by atoms with Crippen LogP contribution in [0.3, 0.4) is 0 Å². The maximum atomic E-state index is 9.63. The average molecular weight is 412 g/mol. The number of nitrogens with zero attached hydrogens (tertiary/aromatic N) is 5. The van der Waals surface area contributed by atoms with Gasteiger partial charge in [0.05, 0.1) is 0 Å². The van der Waals surface area contributed by atoms with Crippen LogP contribution in [-0.2, 0) is 6.54 Å². The van der Waals surface area contributed by atoms with Crippen LogP contribution in [0.25, 0.3) is 0 Å². The number of likely N-dealkylation sites (tertiary alicyclic amines) is 1. The average Bonchev–Trinajstić information content (AvgIpc) is 2.77. The molecule has 2 aliphatic rings. The number of piperazine rings is 1. The van der Waals surface area contributed by atoms with Crippen molar-refractivity contribution >= 4 is 0 Å². The summed E-state index contributed by atoms with van der Waals surface area (Å²) in [6.07, 6.45) is 6.68. The first-order chi connectivity index (χ1) is 14.7. The van der Waals surface area contributed by atoms with Crippen LogP contribution in [0.15, 0.2) is 42.7 Å². The van der Waals surface area contributed by atoms with E-state index >= 15 is 0 Å². The molecule has 1 atom stereocenters. The minimum Gasteiger partial charge on any atom is -0.424 e. The van der Waals surface area contributed by atoms with Gasteiger partial charge in [0.25, 0.3) is 0 Å². The SMILES string of the molecule is CN1CCC(N2CCN(Cc3ccc(Oc4ncccn4)cc3)C[C@H]2CCO)CC1. The van der Waals surface area contributed by atoms with E-state index in [1.807, 2.05) is 12.1 Å². The van der Waals surface area contributed by atoms with Gasteiger partial charge in [-0.1, -0.05) is 12.1 Å². The molecule has 1 aromatic carbocycles. The maximum absolute atomic E-state index is 9.63. The van der Waals surface area contributed by atoms with E-state index in [1.54, 1.807) is 18.5 Å². The van der Waals surface area contributed by atoms with Gasteiger partial charge >= 0.3 is 6.01 Å². The van der Waals surface area contributed by atoms with Gasteiger partial charge in [-0.05, 0) is 63.2 Å². The summed E-state index contributed by atoms with van der Waals surface area (Å²) in [6, 6.07) is 11.4. The van der Waals surface area contributed by atoms with Gasteiger partial charge in [-0.3, -0.25) is 9.80 Å². The molecule has 1 aromatic heterocycles. The zero-order chi connectivity index (χ0) is 20.8. The smallest absolute Gasteiger partial charge is 0.321 e. The van der Waals surface area contributed by atoms with E-state index in [0.717, 1.165) is 38.3 Å². The molecule has 0 spiro atoms. The van der Waals surface area contributed by atoms with Gasteiger partial charge < -0.3 is 14.7 Å². The Balaban J connectivity index is 1.32. The molecule has 0 amide bonds. The number of aliphatic hydroxyl groups is 1. The van der Waals surface area contributed by atoms with Crippen LogP contribution in [-0.4, -0.2) is 88.2 Å². The Morgan fingerprint density at radius 1 is 1.03 bits per heavy atom. The molecule has 162 valence electrons.